The minimum Gasteiger partial charge on any atom is -0.352 e. The van der Waals surface area contributed by atoms with E-state index in [2.05, 4.69) is 57.6 Å². The molecule has 1 saturated heterocycles. The molecule has 0 bridgehead atoms. The van der Waals surface area contributed by atoms with E-state index in [1.54, 1.807) is 13.0 Å². The monoisotopic (exact) mass is 404 g/mol. The van der Waals surface area contributed by atoms with Gasteiger partial charge in [-0.1, -0.05) is 47.6 Å². The Morgan fingerprint density at radius 2 is 2.03 bits per heavy atom. The standard InChI is InChI=1S/C24H28N4O2/c1-17-13-20(16-28(17)15-19-7-4-3-5-8-19)11-12-25-24(29)22-10-6-9-21(14-22)23-26-18(2)30-27-23/h3-10,14,17,20H,11-13,15-16H2,1-2H3,(H,25,29)/t17-,20-/m0/s1. The van der Waals surface area contributed by atoms with E-state index in [-0.39, 0.29) is 5.91 Å². The van der Waals surface area contributed by atoms with Crippen LogP contribution in [0, 0.1) is 12.8 Å². The highest BCUT2D eigenvalue weighted by molar-refractivity contribution is 5.95. The summed E-state index contributed by atoms with van der Waals surface area (Å²) in [5, 5.41) is 6.99. The lowest BCUT2D eigenvalue weighted by Gasteiger charge is -2.21. The molecule has 2 heterocycles. The number of amides is 1. The first-order valence-electron chi connectivity index (χ1n) is 10.6. The van der Waals surface area contributed by atoms with Gasteiger partial charge in [-0.15, -0.1) is 0 Å². The Balaban J connectivity index is 1.27. The Hall–Kier alpha value is -2.99. The van der Waals surface area contributed by atoms with Crippen molar-refractivity contribution in [2.45, 2.75) is 39.3 Å². The molecule has 30 heavy (non-hydrogen) atoms. The minimum absolute atomic E-state index is 0.0655. The molecule has 1 N–H and O–H groups in total. The maximum Gasteiger partial charge on any atom is 0.251 e. The molecule has 0 radical (unpaired) electrons. The smallest absolute Gasteiger partial charge is 0.251 e. The normalized spacial score (nSPS) is 19.1. The second-order valence-electron chi connectivity index (χ2n) is 8.13. The van der Waals surface area contributed by atoms with E-state index in [0.717, 1.165) is 25.1 Å². The predicted octanol–water partition coefficient (Wildman–Crippen LogP) is 4.08. The minimum atomic E-state index is -0.0655. The third-order valence-corrected chi connectivity index (χ3v) is 5.77. The number of rotatable bonds is 7. The lowest BCUT2D eigenvalue weighted by atomic mass is 10.0. The van der Waals surface area contributed by atoms with Crippen LogP contribution in [0.1, 0.15) is 41.6 Å². The molecule has 3 aromatic rings. The number of hydrogen-bond acceptors (Lipinski definition) is 5. The fraction of sp³-hybridized carbons (Fsp3) is 0.375. The molecule has 6 heteroatoms. The molecule has 0 unspecified atom stereocenters. The molecule has 4 rings (SSSR count). The summed E-state index contributed by atoms with van der Waals surface area (Å²) in [5.41, 5.74) is 2.75. The Morgan fingerprint density at radius 1 is 1.20 bits per heavy atom. The second-order valence-corrected chi connectivity index (χ2v) is 8.13. The molecule has 0 saturated carbocycles. The molecule has 0 spiro atoms. The summed E-state index contributed by atoms with van der Waals surface area (Å²) in [7, 11) is 0. The molecule has 1 aliphatic heterocycles. The van der Waals surface area contributed by atoms with Crippen molar-refractivity contribution >= 4 is 5.91 Å². The van der Waals surface area contributed by atoms with Gasteiger partial charge in [0.15, 0.2) is 0 Å². The van der Waals surface area contributed by atoms with Gasteiger partial charge in [0.2, 0.25) is 11.7 Å². The topological polar surface area (TPSA) is 71.3 Å². The van der Waals surface area contributed by atoms with Crippen molar-refractivity contribution in [2.24, 2.45) is 5.92 Å². The number of aromatic nitrogens is 2. The van der Waals surface area contributed by atoms with Crippen molar-refractivity contribution < 1.29 is 9.32 Å². The number of carbonyl (C=O) groups is 1. The van der Waals surface area contributed by atoms with Crippen LogP contribution in [0.2, 0.25) is 0 Å². The fourth-order valence-electron chi connectivity index (χ4n) is 4.17. The van der Waals surface area contributed by atoms with Crippen LogP contribution in [0.5, 0.6) is 0 Å². The molecule has 1 aromatic heterocycles. The fourth-order valence-corrected chi connectivity index (χ4v) is 4.17. The zero-order valence-corrected chi connectivity index (χ0v) is 17.5. The molecular formula is C24H28N4O2. The van der Waals surface area contributed by atoms with Gasteiger partial charge in [0, 0.05) is 43.7 Å². The largest absolute Gasteiger partial charge is 0.352 e. The number of aryl methyl sites for hydroxylation is 1. The maximum atomic E-state index is 12.6. The molecule has 1 fully saturated rings. The van der Waals surface area contributed by atoms with E-state index in [1.807, 2.05) is 18.2 Å². The van der Waals surface area contributed by atoms with Crippen molar-refractivity contribution in [3.8, 4) is 11.4 Å². The first kappa shape index (κ1) is 20.3. The van der Waals surface area contributed by atoms with Gasteiger partial charge >= 0.3 is 0 Å². The lowest BCUT2D eigenvalue weighted by Crippen LogP contribution is -2.28. The number of benzene rings is 2. The summed E-state index contributed by atoms with van der Waals surface area (Å²) in [6.07, 6.45) is 2.17. The third kappa shape index (κ3) is 4.94. The van der Waals surface area contributed by atoms with Gasteiger partial charge in [-0.2, -0.15) is 4.98 Å². The summed E-state index contributed by atoms with van der Waals surface area (Å²) < 4.78 is 5.03. The number of hydrogen-bond donors (Lipinski definition) is 1. The van der Waals surface area contributed by atoms with Crippen LogP contribution in [0.25, 0.3) is 11.4 Å². The van der Waals surface area contributed by atoms with Gasteiger partial charge in [-0.05, 0) is 43.4 Å². The van der Waals surface area contributed by atoms with E-state index in [4.69, 9.17) is 4.52 Å². The lowest BCUT2D eigenvalue weighted by molar-refractivity contribution is 0.0951. The van der Waals surface area contributed by atoms with Crippen molar-refractivity contribution in [3.05, 3.63) is 71.6 Å². The first-order valence-corrected chi connectivity index (χ1v) is 10.6. The van der Waals surface area contributed by atoms with Crippen molar-refractivity contribution in [1.82, 2.24) is 20.4 Å². The molecule has 0 aliphatic carbocycles. The van der Waals surface area contributed by atoms with Gasteiger partial charge in [-0.25, -0.2) is 0 Å². The average molecular weight is 405 g/mol. The molecular weight excluding hydrogens is 376 g/mol. The first-order chi connectivity index (χ1) is 14.6. The number of nitrogens with zero attached hydrogens (tertiary/aromatic N) is 3. The Morgan fingerprint density at radius 3 is 2.80 bits per heavy atom. The van der Waals surface area contributed by atoms with E-state index < -0.39 is 0 Å². The Bertz CT molecular complexity index is 986. The molecule has 2 atom stereocenters. The molecule has 1 amide bonds. The highest BCUT2D eigenvalue weighted by atomic mass is 16.5. The van der Waals surface area contributed by atoms with Crippen LogP contribution in [0.15, 0.2) is 59.1 Å². The van der Waals surface area contributed by atoms with Crippen molar-refractivity contribution in [2.75, 3.05) is 13.1 Å². The Kier molecular flexibility index (Phi) is 6.23. The van der Waals surface area contributed by atoms with Crippen LogP contribution < -0.4 is 5.32 Å². The van der Waals surface area contributed by atoms with Gasteiger partial charge in [0.25, 0.3) is 5.91 Å². The van der Waals surface area contributed by atoms with Crippen LogP contribution >= 0.6 is 0 Å². The zero-order valence-electron chi connectivity index (χ0n) is 17.5. The summed E-state index contributed by atoms with van der Waals surface area (Å²) in [5.74, 6) is 1.55. The van der Waals surface area contributed by atoms with E-state index >= 15 is 0 Å². The number of carbonyl (C=O) groups excluding carboxylic acids is 1. The maximum absolute atomic E-state index is 12.6. The summed E-state index contributed by atoms with van der Waals surface area (Å²) >= 11 is 0. The Labute approximate surface area is 177 Å². The number of likely N-dealkylation sites (tertiary alicyclic amines) is 1. The third-order valence-electron chi connectivity index (χ3n) is 5.77. The van der Waals surface area contributed by atoms with Gasteiger partial charge in [0.05, 0.1) is 0 Å². The molecule has 6 nitrogen and oxygen atoms in total. The highest BCUT2D eigenvalue weighted by Gasteiger charge is 2.28. The van der Waals surface area contributed by atoms with E-state index in [0.29, 0.717) is 35.8 Å². The number of nitrogens with one attached hydrogen (secondary N) is 1. The molecule has 156 valence electrons. The molecule has 1 aliphatic rings. The van der Waals surface area contributed by atoms with Gasteiger partial charge in [-0.3, -0.25) is 9.69 Å². The van der Waals surface area contributed by atoms with Crippen LogP contribution in [-0.4, -0.2) is 40.1 Å². The predicted molar refractivity (Wildman–Crippen MR) is 116 cm³/mol. The summed E-state index contributed by atoms with van der Waals surface area (Å²) in [6, 6.07) is 18.5. The SMILES string of the molecule is Cc1nc(-c2cccc(C(=O)NCC[C@H]3C[C@H](C)N(Cc4ccccc4)C3)c2)no1. The van der Waals surface area contributed by atoms with Crippen LogP contribution in [0.4, 0.5) is 0 Å². The van der Waals surface area contributed by atoms with Crippen LogP contribution in [-0.2, 0) is 6.54 Å². The summed E-state index contributed by atoms with van der Waals surface area (Å²) in [4.78, 5) is 19.4. The molecule has 2 aromatic carbocycles. The van der Waals surface area contributed by atoms with Gasteiger partial charge in [0.1, 0.15) is 0 Å². The zero-order chi connectivity index (χ0) is 20.9. The quantitative estimate of drug-likeness (QED) is 0.643. The van der Waals surface area contributed by atoms with E-state index in [9.17, 15) is 4.79 Å². The average Bonchev–Trinajstić information content (AvgIpc) is 3.34. The van der Waals surface area contributed by atoms with Gasteiger partial charge < -0.3 is 9.84 Å². The second kappa shape index (κ2) is 9.22. The van der Waals surface area contributed by atoms with Crippen molar-refractivity contribution in [1.29, 1.82) is 0 Å². The van der Waals surface area contributed by atoms with Crippen molar-refractivity contribution in [3.63, 3.8) is 0 Å². The van der Waals surface area contributed by atoms with E-state index in [1.165, 1.54) is 12.0 Å². The highest BCUT2D eigenvalue weighted by Crippen LogP contribution is 2.27. The van der Waals surface area contributed by atoms with Crippen LogP contribution in [0.3, 0.4) is 0 Å². The summed E-state index contributed by atoms with van der Waals surface area (Å²) in [6.45, 7) is 6.80.